The highest BCUT2D eigenvalue weighted by Gasteiger charge is 2.33. The average molecular weight is 204 g/mol. The molecule has 0 fully saturated rings. The number of benzene rings is 1. The molecule has 0 saturated carbocycles. The van der Waals surface area contributed by atoms with Gasteiger partial charge in [-0.25, -0.2) is 0 Å². The van der Waals surface area contributed by atoms with E-state index in [1.807, 2.05) is 0 Å². The molecular weight excluding hydrogens is 199 g/mol. The Morgan fingerprint density at radius 2 is 1.93 bits per heavy atom. The molecule has 1 aromatic carbocycles. The Hall–Kier alpha value is -1.72. The highest BCUT2D eigenvalue weighted by atomic mass is 19.4. The maximum atomic E-state index is 12.2. The van der Waals surface area contributed by atoms with Gasteiger partial charge in [-0.3, -0.25) is 0 Å². The first-order chi connectivity index (χ1) is 6.32. The lowest BCUT2D eigenvalue weighted by Crippen LogP contribution is -2.23. The van der Waals surface area contributed by atoms with Crippen LogP contribution in [0.4, 0.5) is 18.9 Å². The van der Waals surface area contributed by atoms with Gasteiger partial charge >= 0.3 is 6.18 Å². The zero-order valence-corrected chi connectivity index (χ0v) is 6.76. The van der Waals surface area contributed by atoms with Crippen LogP contribution in [-0.2, 0) is 6.18 Å². The molecule has 14 heavy (non-hydrogen) atoms. The number of carboxylic acid groups (broad SMARTS) is 1. The van der Waals surface area contributed by atoms with Gasteiger partial charge in [0.05, 0.1) is 11.5 Å². The second-order valence-electron chi connectivity index (χ2n) is 2.59. The highest BCUT2D eigenvalue weighted by Crippen LogP contribution is 2.33. The van der Waals surface area contributed by atoms with E-state index in [4.69, 9.17) is 5.73 Å². The minimum Gasteiger partial charge on any atom is -0.545 e. The second-order valence-corrected chi connectivity index (χ2v) is 2.59. The predicted molar refractivity (Wildman–Crippen MR) is 40.2 cm³/mol. The van der Waals surface area contributed by atoms with Crippen molar-refractivity contribution in [2.24, 2.45) is 0 Å². The number of carbonyl (C=O) groups is 1. The Balaban J connectivity index is 3.29. The molecule has 0 bridgehead atoms. The molecule has 0 amide bonds. The van der Waals surface area contributed by atoms with Crippen molar-refractivity contribution in [3.05, 3.63) is 29.3 Å². The number of rotatable bonds is 1. The van der Waals surface area contributed by atoms with E-state index in [1.54, 1.807) is 0 Å². The van der Waals surface area contributed by atoms with Crippen LogP contribution in [-0.4, -0.2) is 5.97 Å². The molecule has 2 N–H and O–H groups in total. The Morgan fingerprint density at radius 3 is 2.36 bits per heavy atom. The SMILES string of the molecule is Nc1ccc(C(=O)[O-])cc1C(F)(F)F. The summed E-state index contributed by atoms with van der Waals surface area (Å²) in [7, 11) is 0. The highest BCUT2D eigenvalue weighted by molar-refractivity contribution is 5.86. The molecule has 3 nitrogen and oxygen atoms in total. The van der Waals surface area contributed by atoms with E-state index in [2.05, 4.69) is 0 Å². The topological polar surface area (TPSA) is 66.2 Å². The largest absolute Gasteiger partial charge is 0.545 e. The van der Waals surface area contributed by atoms with Crippen molar-refractivity contribution in [1.29, 1.82) is 0 Å². The lowest BCUT2D eigenvalue weighted by atomic mass is 10.1. The van der Waals surface area contributed by atoms with Crippen molar-refractivity contribution in [2.45, 2.75) is 6.18 Å². The lowest BCUT2D eigenvalue weighted by Gasteiger charge is -2.11. The van der Waals surface area contributed by atoms with Crippen LogP contribution in [0.15, 0.2) is 18.2 Å². The molecule has 6 heteroatoms. The Bertz CT molecular complexity index is 373. The minimum absolute atomic E-state index is 0.449. The summed E-state index contributed by atoms with van der Waals surface area (Å²) in [5.41, 5.74) is 2.81. The number of halogens is 3. The Morgan fingerprint density at radius 1 is 1.36 bits per heavy atom. The second kappa shape index (κ2) is 3.21. The predicted octanol–water partition coefficient (Wildman–Crippen LogP) is 0.651. The standard InChI is InChI=1S/C8H6F3NO2/c9-8(10,11)5-3-4(7(13)14)1-2-6(5)12/h1-3H,12H2,(H,13,14)/p-1. The molecule has 0 heterocycles. The Labute approximate surface area is 77.0 Å². The molecule has 0 aliphatic rings. The fourth-order valence-electron chi connectivity index (χ4n) is 0.929. The van der Waals surface area contributed by atoms with E-state index >= 15 is 0 Å². The van der Waals surface area contributed by atoms with Gasteiger partial charge < -0.3 is 15.6 Å². The van der Waals surface area contributed by atoms with Gasteiger partial charge in [0.25, 0.3) is 0 Å². The van der Waals surface area contributed by atoms with E-state index in [0.29, 0.717) is 6.07 Å². The molecule has 0 saturated heterocycles. The molecule has 0 unspecified atom stereocenters. The zero-order valence-electron chi connectivity index (χ0n) is 6.76. The number of hydrogen-bond donors (Lipinski definition) is 1. The van der Waals surface area contributed by atoms with Gasteiger partial charge in [0.1, 0.15) is 0 Å². The van der Waals surface area contributed by atoms with Gasteiger partial charge in [-0.05, 0) is 17.7 Å². The molecule has 0 aliphatic heterocycles. The quantitative estimate of drug-likeness (QED) is 0.683. The van der Waals surface area contributed by atoms with Gasteiger partial charge in [0.2, 0.25) is 0 Å². The van der Waals surface area contributed by atoms with E-state index in [9.17, 15) is 23.1 Å². The maximum Gasteiger partial charge on any atom is 0.418 e. The van der Waals surface area contributed by atoms with Crippen molar-refractivity contribution < 1.29 is 23.1 Å². The molecule has 76 valence electrons. The van der Waals surface area contributed by atoms with Crippen LogP contribution < -0.4 is 10.8 Å². The number of hydrogen-bond acceptors (Lipinski definition) is 3. The number of carbonyl (C=O) groups excluding carboxylic acids is 1. The number of carboxylic acids is 1. The minimum atomic E-state index is -4.66. The van der Waals surface area contributed by atoms with Gasteiger partial charge in [-0.15, -0.1) is 0 Å². The third-order valence-electron chi connectivity index (χ3n) is 1.59. The number of anilines is 1. The van der Waals surface area contributed by atoms with E-state index < -0.39 is 29.0 Å². The first-order valence-electron chi connectivity index (χ1n) is 3.50. The summed E-state index contributed by atoms with van der Waals surface area (Å²) in [5, 5.41) is 10.3. The van der Waals surface area contributed by atoms with Crippen LogP contribution in [0.2, 0.25) is 0 Å². The van der Waals surface area contributed by atoms with Crippen molar-refractivity contribution in [2.75, 3.05) is 5.73 Å². The molecule has 0 radical (unpaired) electrons. The van der Waals surface area contributed by atoms with Crippen LogP contribution in [0.1, 0.15) is 15.9 Å². The van der Waals surface area contributed by atoms with Crippen LogP contribution >= 0.6 is 0 Å². The molecule has 0 atom stereocenters. The summed E-state index contributed by atoms with van der Waals surface area (Å²) in [6.07, 6.45) is -4.66. The molecular formula is C8H5F3NO2-. The van der Waals surface area contributed by atoms with Crippen LogP contribution in [0, 0.1) is 0 Å². The summed E-state index contributed by atoms with van der Waals surface area (Å²) in [4.78, 5) is 10.3. The van der Waals surface area contributed by atoms with Crippen LogP contribution in [0.3, 0.4) is 0 Å². The Kier molecular flexibility index (Phi) is 2.37. The summed E-state index contributed by atoms with van der Waals surface area (Å²) in [5.74, 6) is -1.67. The molecule has 0 aliphatic carbocycles. The van der Waals surface area contributed by atoms with Crippen molar-refractivity contribution in [3.8, 4) is 0 Å². The number of nitrogens with two attached hydrogens (primary N) is 1. The van der Waals surface area contributed by atoms with Gasteiger partial charge in [-0.1, -0.05) is 6.07 Å². The van der Waals surface area contributed by atoms with Crippen molar-refractivity contribution in [3.63, 3.8) is 0 Å². The van der Waals surface area contributed by atoms with Crippen molar-refractivity contribution >= 4 is 11.7 Å². The summed E-state index contributed by atoms with van der Waals surface area (Å²) < 4.78 is 36.6. The van der Waals surface area contributed by atoms with Gasteiger partial charge in [0, 0.05) is 5.69 Å². The van der Waals surface area contributed by atoms with E-state index in [1.165, 1.54) is 0 Å². The third kappa shape index (κ3) is 1.95. The smallest absolute Gasteiger partial charge is 0.418 e. The number of alkyl halides is 3. The molecule has 0 spiro atoms. The molecule has 0 aromatic heterocycles. The molecule has 1 aromatic rings. The maximum absolute atomic E-state index is 12.2. The van der Waals surface area contributed by atoms with E-state index in [0.717, 1.165) is 12.1 Å². The summed E-state index contributed by atoms with van der Waals surface area (Å²) in [6.45, 7) is 0. The lowest BCUT2D eigenvalue weighted by molar-refractivity contribution is -0.255. The first-order valence-corrected chi connectivity index (χ1v) is 3.50. The van der Waals surface area contributed by atoms with Crippen LogP contribution in [0.25, 0.3) is 0 Å². The van der Waals surface area contributed by atoms with Crippen molar-refractivity contribution in [1.82, 2.24) is 0 Å². The van der Waals surface area contributed by atoms with E-state index in [-0.39, 0.29) is 0 Å². The zero-order chi connectivity index (χ0) is 10.9. The normalized spacial score (nSPS) is 11.4. The third-order valence-corrected chi connectivity index (χ3v) is 1.59. The average Bonchev–Trinajstić information content (AvgIpc) is 2.02. The summed E-state index contributed by atoms with van der Waals surface area (Å²) >= 11 is 0. The van der Waals surface area contributed by atoms with Gasteiger partial charge in [-0.2, -0.15) is 13.2 Å². The number of aromatic carboxylic acids is 1. The van der Waals surface area contributed by atoms with Gasteiger partial charge in [0.15, 0.2) is 0 Å². The first kappa shape index (κ1) is 10.4. The monoisotopic (exact) mass is 204 g/mol. The molecule has 1 rings (SSSR count). The van der Waals surface area contributed by atoms with Crippen LogP contribution in [0.5, 0.6) is 0 Å². The summed E-state index contributed by atoms with van der Waals surface area (Å²) in [6, 6.07) is 2.29. The fourth-order valence-corrected chi connectivity index (χ4v) is 0.929. The fraction of sp³-hybridized carbons (Fsp3) is 0.125. The number of nitrogen functional groups attached to an aromatic ring is 1.